The van der Waals surface area contributed by atoms with Gasteiger partial charge in [0.2, 0.25) is 5.91 Å². The summed E-state index contributed by atoms with van der Waals surface area (Å²) in [6.07, 6.45) is 2.29. The van der Waals surface area contributed by atoms with Gasteiger partial charge in [0.15, 0.2) is 0 Å². The molecule has 136 valence electrons. The Bertz CT molecular complexity index is 677. The van der Waals surface area contributed by atoms with E-state index in [1.54, 1.807) is 15.9 Å². The van der Waals surface area contributed by atoms with Crippen LogP contribution in [0.2, 0.25) is 0 Å². The first kappa shape index (κ1) is 17.9. The zero-order chi connectivity index (χ0) is 18.1. The molecular formula is C19H26FN3O2. The monoisotopic (exact) mass is 347 g/mol. The third kappa shape index (κ3) is 3.40. The minimum absolute atomic E-state index is 0.0323. The lowest BCUT2D eigenvalue weighted by Crippen LogP contribution is -2.36. The second kappa shape index (κ2) is 7.12. The van der Waals surface area contributed by atoms with Crippen molar-refractivity contribution in [3.8, 4) is 0 Å². The van der Waals surface area contributed by atoms with E-state index in [0.29, 0.717) is 43.7 Å². The largest absolute Gasteiger partial charge is 0.337 e. The molecule has 2 fully saturated rings. The standard InChI is InChI=1S/C19H26FN3O2/c1-4-13-11-22(12-17(13)21(2)3)19(25)15-10-14(7-8-16(15)20)23-9-5-6-18(23)24/h7-8,10,13,17H,4-6,9,11-12H2,1-3H3/t13-,17+/m1/s1. The molecular weight excluding hydrogens is 321 g/mol. The summed E-state index contributed by atoms with van der Waals surface area (Å²) in [5.41, 5.74) is 0.675. The van der Waals surface area contributed by atoms with E-state index in [1.807, 2.05) is 14.1 Å². The molecule has 2 heterocycles. The number of likely N-dealkylation sites (N-methyl/N-ethyl adjacent to an activating group) is 1. The summed E-state index contributed by atoms with van der Waals surface area (Å²) in [7, 11) is 4.03. The van der Waals surface area contributed by atoms with E-state index in [9.17, 15) is 14.0 Å². The van der Waals surface area contributed by atoms with E-state index in [4.69, 9.17) is 0 Å². The second-order valence-corrected chi connectivity index (χ2v) is 7.22. The first-order valence-corrected chi connectivity index (χ1v) is 8.98. The Balaban J connectivity index is 1.83. The molecule has 0 bridgehead atoms. The van der Waals surface area contributed by atoms with Crippen molar-refractivity contribution in [3.05, 3.63) is 29.6 Å². The van der Waals surface area contributed by atoms with Gasteiger partial charge in [-0.05, 0) is 44.6 Å². The molecule has 1 aromatic rings. The highest BCUT2D eigenvalue weighted by molar-refractivity contribution is 5.99. The number of anilines is 1. The Morgan fingerprint density at radius 2 is 2.08 bits per heavy atom. The molecule has 2 aliphatic heterocycles. The third-order valence-electron chi connectivity index (χ3n) is 5.45. The molecule has 0 radical (unpaired) electrons. The van der Waals surface area contributed by atoms with E-state index >= 15 is 0 Å². The van der Waals surface area contributed by atoms with Gasteiger partial charge in [-0.3, -0.25) is 9.59 Å². The molecule has 0 spiro atoms. The average molecular weight is 347 g/mol. The van der Waals surface area contributed by atoms with Crippen LogP contribution in [-0.4, -0.2) is 61.4 Å². The maximum Gasteiger partial charge on any atom is 0.256 e. The fraction of sp³-hybridized carbons (Fsp3) is 0.579. The molecule has 0 aliphatic carbocycles. The molecule has 25 heavy (non-hydrogen) atoms. The van der Waals surface area contributed by atoms with E-state index in [1.165, 1.54) is 12.1 Å². The summed E-state index contributed by atoms with van der Waals surface area (Å²) in [5, 5.41) is 0. The Morgan fingerprint density at radius 3 is 2.64 bits per heavy atom. The minimum atomic E-state index is -0.526. The lowest BCUT2D eigenvalue weighted by molar-refractivity contribution is -0.117. The molecule has 2 atom stereocenters. The molecule has 2 saturated heterocycles. The molecule has 0 unspecified atom stereocenters. The number of likely N-dealkylation sites (tertiary alicyclic amines) is 1. The number of amides is 2. The third-order valence-corrected chi connectivity index (χ3v) is 5.45. The van der Waals surface area contributed by atoms with Crippen molar-refractivity contribution in [2.45, 2.75) is 32.2 Å². The van der Waals surface area contributed by atoms with E-state index < -0.39 is 5.82 Å². The lowest BCUT2D eigenvalue weighted by Gasteiger charge is -2.24. The van der Waals surface area contributed by atoms with Crippen molar-refractivity contribution in [1.82, 2.24) is 9.80 Å². The molecule has 0 N–H and O–H groups in total. The molecule has 1 aromatic carbocycles. The number of carbonyl (C=O) groups excluding carboxylic acids is 2. The minimum Gasteiger partial charge on any atom is -0.337 e. The lowest BCUT2D eigenvalue weighted by atomic mass is 10.0. The summed E-state index contributed by atoms with van der Waals surface area (Å²) in [4.78, 5) is 30.4. The summed E-state index contributed by atoms with van der Waals surface area (Å²) >= 11 is 0. The summed E-state index contributed by atoms with van der Waals surface area (Å²) < 4.78 is 14.3. The quantitative estimate of drug-likeness (QED) is 0.840. The van der Waals surface area contributed by atoms with Crippen LogP contribution in [0.4, 0.5) is 10.1 Å². The first-order valence-electron chi connectivity index (χ1n) is 8.98. The number of rotatable bonds is 4. The highest BCUT2D eigenvalue weighted by atomic mass is 19.1. The fourth-order valence-electron chi connectivity index (χ4n) is 3.94. The Labute approximate surface area is 148 Å². The number of nitrogens with zero attached hydrogens (tertiary/aromatic N) is 3. The van der Waals surface area contributed by atoms with Crippen LogP contribution in [0.1, 0.15) is 36.5 Å². The van der Waals surface area contributed by atoms with Crippen LogP contribution in [-0.2, 0) is 4.79 Å². The van der Waals surface area contributed by atoms with Crippen LogP contribution in [0.15, 0.2) is 18.2 Å². The van der Waals surface area contributed by atoms with Gasteiger partial charge in [-0.1, -0.05) is 13.3 Å². The molecule has 0 aromatic heterocycles. The first-order chi connectivity index (χ1) is 11.9. The predicted octanol–water partition coefficient (Wildman–Crippen LogP) is 2.36. The van der Waals surface area contributed by atoms with Crippen molar-refractivity contribution in [1.29, 1.82) is 0 Å². The van der Waals surface area contributed by atoms with E-state index in [0.717, 1.165) is 12.8 Å². The van der Waals surface area contributed by atoms with Crippen LogP contribution >= 0.6 is 0 Å². The van der Waals surface area contributed by atoms with Crippen LogP contribution < -0.4 is 4.90 Å². The van der Waals surface area contributed by atoms with Gasteiger partial charge in [-0.15, -0.1) is 0 Å². The highest BCUT2D eigenvalue weighted by Crippen LogP contribution is 2.28. The normalized spacial score (nSPS) is 23.8. The summed E-state index contributed by atoms with van der Waals surface area (Å²) in [5.74, 6) is -0.384. The van der Waals surface area contributed by atoms with Crippen molar-refractivity contribution >= 4 is 17.5 Å². The number of hydrogen-bond acceptors (Lipinski definition) is 3. The van der Waals surface area contributed by atoms with Gasteiger partial charge in [0.05, 0.1) is 5.56 Å². The smallest absolute Gasteiger partial charge is 0.256 e. The van der Waals surface area contributed by atoms with Crippen LogP contribution in [0.5, 0.6) is 0 Å². The van der Waals surface area contributed by atoms with Gasteiger partial charge in [0.1, 0.15) is 5.82 Å². The fourth-order valence-corrected chi connectivity index (χ4v) is 3.94. The van der Waals surface area contributed by atoms with Crippen molar-refractivity contribution in [2.75, 3.05) is 38.6 Å². The molecule has 0 saturated carbocycles. The SMILES string of the molecule is CC[C@@H]1CN(C(=O)c2cc(N3CCCC3=O)ccc2F)C[C@@H]1N(C)C. The van der Waals surface area contributed by atoms with Crippen LogP contribution in [0, 0.1) is 11.7 Å². The van der Waals surface area contributed by atoms with Gasteiger partial charge in [0.25, 0.3) is 5.91 Å². The van der Waals surface area contributed by atoms with E-state index in [2.05, 4.69) is 11.8 Å². The predicted molar refractivity (Wildman–Crippen MR) is 95.1 cm³/mol. The Kier molecular flexibility index (Phi) is 5.08. The van der Waals surface area contributed by atoms with Crippen LogP contribution in [0.25, 0.3) is 0 Å². The van der Waals surface area contributed by atoms with Gasteiger partial charge >= 0.3 is 0 Å². The number of hydrogen-bond donors (Lipinski definition) is 0. The maximum absolute atomic E-state index is 14.3. The van der Waals surface area contributed by atoms with Crippen molar-refractivity contribution < 1.29 is 14.0 Å². The van der Waals surface area contributed by atoms with Crippen LogP contribution in [0.3, 0.4) is 0 Å². The summed E-state index contributed by atoms with van der Waals surface area (Å²) in [6, 6.07) is 4.70. The van der Waals surface area contributed by atoms with Gasteiger partial charge in [-0.25, -0.2) is 4.39 Å². The molecule has 2 amide bonds. The summed E-state index contributed by atoms with van der Waals surface area (Å²) in [6.45, 7) is 4.00. The second-order valence-electron chi connectivity index (χ2n) is 7.22. The van der Waals surface area contributed by atoms with Crippen molar-refractivity contribution in [3.63, 3.8) is 0 Å². The number of halogens is 1. The number of benzene rings is 1. The Hall–Kier alpha value is -1.95. The Morgan fingerprint density at radius 1 is 1.32 bits per heavy atom. The average Bonchev–Trinajstić information content (AvgIpc) is 3.21. The van der Waals surface area contributed by atoms with E-state index in [-0.39, 0.29) is 17.4 Å². The highest BCUT2D eigenvalue weighted by Gasteiger charge is 2.36. The zero-order valence-electron chi connectivity index (χ0n) is 15.2. The molecule has 2 aliphatic rings. The number of carbonyl (C=O) groups is 2. The topological polar surface area (TPSA) is 43.9 Å². The maximum atomic E-state index is 14.3. The zero-order valence-corrected chi connectivity index (χ0v) is 15.2. The molecule has 5 nitrogen and oxygen atoms in total. The van der Waals surface area contributed by atoms with Gasteiger partial charge < -0.3 is 14.7 Å². The van der Waals surface area contributed by atoms with Gasteiger partial charge in [0, 0.05) is 37.8 Å². The molecule has 3 rings (SSSR count). The van der Waals surface area contributed by atoms with Gasteiger partial charge in [-0.2, -0.15) is 0 Å². The van der Waals surface area contributed by atoms with Crippen molar-refractivity contribution in [2.24, 2.45) is 5.92 Å². The molecule has 6 heteroatoms.